The number of hydrogen-bond acceptors (Lipinski definition) is 6. The third-order valence-electron chi connectivity index (χ3n) is 4.29. The number of hydrogen-bond donors (Lipinski definition) is 1. The maximum absolute atomic E-state index is 13.0. The van der Waals surface area contributed by atoms with Gasteiger partial charge in [-0.25, -0.2) is 13.4 Å². The van der Waals surface area contributed by atoms with E-state index in [1.165, 1.54) is 11.7 Å². The van der Waals surface area contributed by atoms with Crippen LogP contribution in [-0.4, -0.2) is 41.7 Å². The molecule has 0 spiro atoms. The van der Waals surface area contributed by atoms with Crippen LogP contribution in [-0.2, 0) is 16.4 Å². The number of sulfone groups is 1. The van der Waals surface area contributed by atoms with Gasteiger partial charge in [-0.3, -0.25) is 9.78 Å². The molecule has 1 aromatic carbocycles. The Morgan fingerprint density at radius 3 is 2.74 bits per heavy atom. The minimum absolute atomic E-state index is 0.0662. The molecule has 27 heavy (non-hydrogen) atoms. The minimum Gasteiger partial charge on any atom is -0.497 e. The zero-order valence-electron chi connectivity index (χ0n) is 14.4. The smallest absolute Gasteiger partial charge is 0.274 e. The SMILES string of the molecule is COc1cccc(-c2nc3n(c2C(=O)Nc2ccncc2)CCS3(=O)=O)c1. The van der Waals surface area contributed by atoms with Crippen molar-refractivity contribution in [2.45, 2.75) is 11.7 Å². The van der Waals surface area contributed by atoms with Crippen LogP contribution in [0.3, 0.4) is 0 Å². The molecular formula is C18H16N4O4S. The molecule has 1 aliphatic heterocycles. The first kappa shape index (κ1) is 17.2. The number of carbonyl (C=O) groups is 1. The average Bonchev–Trinajstić information content (AvgIpc) is 3.20. The largest absolute Gasteiger partial charge is 0.497 e. The number of pyridine rings is 1. The van der Waals surface area contributed by atoms with Crippen molar-refractivity contribution in [3.8, 4) is 17.0 Å². The molecule has 0 aliphatic carbocycles. The first-order valence-corrected chi connectivity index (χ1v) is 9.84. The van der Waals surface area contributed by atoms with E-state index in [2.05, 4.69) is 15.3 Å². The number of carbonyl (C=O) groups excluding carboxylic acids is 1. The van der Waals surface area contributed by atoms with Crippen LogP contribution in [0.4, 0.5) is 5.69 Å². The van der Waals surface area contributed by atoms with Gasteiger partial charge in [0.25, 0.3) is 5.91 Å². The van der Waals surface area contributed by atoms with E-state index in [1.54, 1.807) is 48.8 Å². The zero-order valence-corrected chi connectivity index (χ0v) is 15.2. The van der Waals surface area contributed by atoms with Crippen LogP contribution in [0.1, 0.15) is 10.5 Å². The van der Waals surface area contributed by atoms with E-state index in [0.717, 1.165) is 0 Å². The number of ether oxygens (including phenoxy) is 1. The second-order valence-electron chi connectivity index (χ2n) is 5.98. The molecule has 0 saturated carbocycles. The quantitative estimate of drug-likeness (QED) is 0.738. The summed E-state index contributed by atoms with van der Waals surface area (Å²) < 4.78 is 31.3. The Hall–Kier alpha value is -3.20. The average molecular weight is 384 g/mol. The van der Waals surface area contributed by atoms with Crippen LogP contribution in [0.2, 0.25) is 0 Å². The van der Waals surface area contributed by atoms with Crippen LogP contribution < -0.4 is 10.1 Å². The lowest BCUT2D eigenvalue weighted by Gasteiger charge is -2.09. The summed E-state index contributed by atoms with van der Waals surface area (Å²) in [4.78, 5) is 21.2. The third kappa shape index (κ3) is 3.06. The molecule has 2 aromatic heterocycles. The molecule has 0 saturated heterocycles. The highest BCUT2D eigenvalue weighted by Crippen LogP contribution is 2.32. The van der Waals surface area contributed by atoms with E-state index < -0.39 is 15.7 Å². The zero-order chi connectivity index (χ0) is 19.0. The number of nitrogens with zero attached hydrogens (tertiary/aromatic N) is 3. The number of amides is 1. The fourth-order valence-electron chi connectivity index (χ4n) is 3.01. The van der Waals surface area contributed by atoms with E-state index in [4.69, 9.17) is 4.74 Å². The summed E-state index contributed by atoms with van der Waals surface area (Å²) in [5.74, 6) is 0.0855. The lowest BCUT2D eigenvalue weighted by atomic mass is 10.1. The third-order valence-corrected chi connectivity index (χ3v) is 5.88. The standard InChI is InChI=1S/C18H16N4O4S/c1-26-14-4-2-3-12(11-14)15-16(17(23)20-13-5-7-19-8-6-13)22-9-10-27(24,25)18(22)21-15/h2-8,11H,9-10H2,1H3,(H,19,20,23). The number of aromatic nitrogens is 3. The van der Waals surface area contributed by atoms with Gasteiger partial charge in [-0.05, 0) is 24.3 Å². The van der Waals surface area contributed by atoms with Crippen LogP contribution in [0.5, 0.6) is 5.75 Å². The maximum Gasteiger partial charge on any atom is 0.274 e. The van der Waals surface area contributed by atoms with Gasteiger partial charge in [-0.15, -0.1) is 0 Å². The number of anilines is 1. The molecule has 1 N–H and O–H groups in total. The Labute approximate surface area is 155 Å². The fourth-order valence-corrected chi connectivity index (χ4v) is 4.36. The van der Waals surface area contributed by atoms with Crippen molar-refractivity contribution in [2.24, 2.45) is 0 Å². The van der Waals surface area contributed by atoms with Crippen molar-refractivity contribution in [1.82, 2.24) is 14.5 Å². The second-order valence-corrected chi connectivity index (χ2v) is 7.99. The molecule has 1 aliphatic rings. The van der Waals surface area contributed by atoms with Gasteiger partial charge in [0.2, 0.25) is 15.0 Å². The number of rotatable bonds is 4. The summed E-state index contributed by atoms with van der Waals surface area (Å²) in [7, 11) is -1.97. The van der Waals surface area contributed by atoms with Crippen LogP contribution in [0.25, 0.3) is 11.3 Å². The van der Waals surface area contributed by atoms with Gasteiger partial charge in [0.05, 0.1) is 12.9 Å². The van der Waals surface area contributed by atoms with Gasteiger partial charge >= 0.3 is 0 Å². The van der Waals surface area contributed by atoms with Crippen LogP contribution in [0.15, 0.2) is 53.9 Å². The minimum atomic E-state index is -3.51. The number of methoxy groups -OCH3 is 1. The van der Waals surface area contributed by atoms with E-state index >= 15 is 0 Å². The van der Waals surface area contributed by atoms with Gasteiger partial charge in [0.15, 0.2) is 0 Å². The van der Waals surface area contributed by atoms with Crippen molar-refractivity contribution >= 4 is 21.4 Å². The Kier molecular flexibility index (Phi) is 4.15. The van der Waals surface area contributed by atoms with E-state index in [-0.39, 0.29) is 23.1 Å². The number of benzene rings is 1. The summed E-state index contributed by atoms with van der Waals surface area (Å²) in [6.45, 7) is 0.188. The summed E-state index contributed by atoms with van der Waals surface area (Å²) in [6, 6.07) is 10.3. The summed E-state index contributed by atoms with van der Waals surface area (Å²) in [6.07, 6.45) is 3.12. The normalized spacial score (nSPS) is 14.6. The van der Waals surface area contributed by atoms with Gasteiger partial charge in [-0.2, -0.15) is 0 Å². The highest BCUT2D eigenvalue weighted by Gasteiger charge is 2.35. The van der Waals surface area contributed by atoms with Gasteiger partial charge < -0.3 is 14.6 Å². The predicted molar refractivity (Wildman–Crippen MR) is 98.5 cm³/mol. The molecule has 8 nitrogen and oxygen atoms in total. The molecule has 0 radical (unpaired) electrons. The van der Waals surface area contributed by atoms with Crippen molar-refractivity contribution in [3.63, 3.8) is 0 Å². The summed E-state index contributed by atoms with van der Waals surface area (Å²) in [5, 5.41) is 2.69. The molecular weight excluding hydrogens is 368 g/mol. The lowest BCUT2D eigenvalue weighted by Crippen LogP contribution is -2.17. The second kappa shape index (κ2) is 6.51. The first-order valence-electron chi connectivity index (χ1n) is 8.19. The van der Waals surface area contributed by atoms with Gasteiger partial charge in [0.1, 0.15) is 17.1 Å². The molecule has 0 atom stereocenters. The highest BCUT2D eigenvalue weighted by atomic mass is 32.2. The van der Waals surface area contributed by atoms with Crippen LogP contribution >= 0.6 is 0 Å². The Balaban J connectivity index is 1.85. The molecule has 3 aromatic rings. The maximum atomic E-state index is 13.0. The Bertz CT molecular complexity index is 1120. The molecule has 0 bridgehead atoms. The van der Waals surface area contributed by atoms with Crippen molar-refractivity contribution in [1.29, 1.82) is 0 Å². The van der Waals surface area contributed by atoms with E-state index in [1.807, 2.05) is 0 Å². The monoisotopic (exact) mass is 384 g/mol. The van der Waals surface area contributed by atoms with Crippen molar-refractivity contribution in [2.75, 3.05) is 18.2 Å². The number of imidazole rings is 1. The van der Waals surface area contributed by atoms with E-state index in [9.17, 15) is 13.2 Å². The number of nitrogens with one attached hydrogen (secondary N) is 1. The van der Waals surface area contributed by atoms with Crippen LogP contribution in [0, 0.1) is 0 Å². The molecule has 9 heteroatoms. The predicted octanol–water partition coefficient (Wildman–Crippen LogP) is 1.99. The lowest BCUT2D eigenvalue weighted by molar-refractivity contribution is 0.101. The van der Waals surface area contributed by atoms with Crippen molar-refractivity contribution < 1.29 is 17.9 Å². The molecule has 4 rings (SSSR count). The summed E-state index contributed by atoms with van der Waals surface area (Å²) >= 11 is 0. The Morgan fingerprint density at radius 1 is 1.22 bits per heavy atom. The molecule has 1 amide bonds. The van der Waals surface area contributed by atoms with Gasteiger partial charge in [-0.1, -0.05) is 12.1 Å². The van der Waals surface area contributed by atoms with E-state index in [0.29, 0.717) is 22.7 Å². The number of fused-ring (bicyclic) bond motifs is 1. The molecule has 0 unspecified atom stereocenters. The molecule has 138 valence electrons. The van der Waals surface area contributed by atoms with Crippen molar-refractivity contribution in [3.05, 3.63) is 54.5 Å². The molecule has 0 fully saturated rings. The topological polar surface area (TPSA) is 103 Å². The highest BCUT2D eigenvalue weighted by molar-refractivity contribution is 7.91. The fraction of sp³-hybridized carbons (Fsp3) is 0.167. The molecule has 3 heterocycles. The Morgan fingerprint density at radius 2 is 2.00 bits per heavy atom. The first-order chi connectivity index (χ1) is 13.0. The summed E-state index contributed by atoms with van der Waals surface area (Å²) in [5.41, 5.74) is 1.67. The van der Waals surface area contributed by atoms with Gasteiger partial charge in [0, 0.05) is 30.2 Å².